The predicted molar refractivity (Wildman–Crippen MR) is 110 cm³/mol. The van der Waals surface area contributed by atoms with Crippen LogP contribution in [0.1, 0.15) is 30.1 Å². The number of carbonyl (C=O) groups is 2. The third-order valence-electron chi connectivity index (χ3n) is 4.49. The van der Waals surface area contributed by atoms with Gasteiger partial charge in [0.05, 0.1) is 12.6 Å². The second kappa shape index (κ2) is 12.6. The van der Waals surface area contributed by atoms with E-state index in [1.54, 1.807) is 29.7 Å². The van der Waals surface area contributed by atoms with E-state index in [0.29, 0.717) is 29.9 Å². The molecule has 0 aromatic heterocycles. The van der Waals surface area contributed by atoms with Gasteiger partial charge in [0.2, 0.25) is 5.91 Å². The Morgan fingerprint density at radius 2 is 1.70 bits per heavy atom. The molecule has 2 aromatic carbocycles. The van der Waals surface area contributed by atoms with E-state index in [2.05, 4.69) is 5.32 Å². The van der Waals surface area contributed by atoms with Crippen molar-refractivity contribution < 1.29 is 29.0 Å². The van der Waals surface area contributed by atoms with E-state index in [0.717, 1.165) is 0 Å². The standard InChI is InChI=1S/C22H28N2O6/c1-3-16(22(26)24-27)13-18(14-29-15-28-2)23-21(25)17-9-11-20(12-10-17)30-19-7-5-4-6-8-19/h4-12,16,18,27H,3,13-15H2,1-2H3,(H,23,25)(H,24,26)/t16-,18-/m0/s1. The van der Waals surface area contributed by atoms with Gasteiger partial charge < -0.3 is 19.5 Å². The fourth-order valence-corrected chi connectivity index (χ4v) is 2.90. The number of amides is 2. The zero-order valence-electron chi connectivity index (χ0n) is 17.2. The second-order valence-corrected chi connectivity index (χ2v) is 6.70. The molecular formula is C22H28N2O6. The highest BCUT2D eigenvalue weighted by atomic mass is 16.7. The zero-order valence-corrected chi connectivity index (χ0v) is 17.2. The van der Waals surface area contributed by atoms with Gasteiger partial charge in [-0.2, -0.15) is 0 Å². The number of carbonyl (C=O) groups excluding carboxylic acids is 2. The smallest absolute Gasteiger partial charge is 0.251 e. The first-order valence-electron chi connectivity index (χ1n) is 9.71. The highest BCUT2D eigenvalue weighted by Crippen LogP contribution is 2.21. The van der Waals surface area contributed by atoms with Crippen LogP contribution in [-0.2, 0) is 14.3 Å². The minimum absolute atomic E-state index is 0.0703. The number of nitrogens with one attached hydrogen (secondary N) is 2. The molecule has 0 unspecified atom stereocenters. The van der Waals surface area contributed by atoms with E-state index in [4.69, 9.17) is 19.4 Å². The van der Waals surface area contributed by atoms with Crippen molar-refractivity contribution in [2.24, 2.45) is 5.92 Å². The summed E-state index contributed by atoms with van der Waals surface area (Å²) in [4.78, 5) is 24.5. The second-order valence-electron chi connectivity index (χ2n) is 6.70. The maximum atomic E-state index is 12.7. The van der Waals surface area contributed by atoms with Gasteiger partial charge in [0.15, 0.2) is 0 Å². The summed E-state index contributed by atoms with van der Waals surface area (Å²) in [7, 11) is 1.50. The van der Waals surface area contributed by atoms with Crippen LogP contribution < -0.4 is 15.5 Å². The van der Waals surface area contributed by atoms with Crippen LogP contribution in [0.5, 0.6) is 11.5 Å². The lowest BCUT2D eigenvalue weighted by molar-refractivity contribution is -0.134. The molecule has 0 aliphatic rings. The third-order valence-corrected chi connectivity index (χ3v) is 4.49. The lowest BCUT2D eigenvalue weighted by atomic mass is 9.96. The number of ether oxygens (including phenoxy) is 3. The highest BCUT2D eigenvalue weighted by molar-refractivity contribution is 5.94. The van der Waals surface area contributed by atoms with Crippen molar-refractivity contribution in [3.05, 3.63) is 60.2 Å². The van der Waals surface area contributed by atoms with Gasteiger partial charge in [-0.1, -0.05) is 25.1 Å². The average Bonchev–Trinajstić information content (AvgIpc) is 2.78. The lowest BCUT2D eigenvalue weighted by Crippen LogP contribution is -2.42. The Hall–Kier alpha value is -2.94. The van der Waals surface area contributed by atoms with Gasteiger partial charge >= 0.3 is 0 Å². The summed E-state index contributed by atoms with van der Waals surface area (Å²) in [6.07, 6.45) is 0.822. The van der Waals surface area contributed by atoms with Crippen molar-refractivity contribution in [2.45, 2.75) is 25.8 Å². The molecule has 0 bridgehead atoms. The molecule has 3 N–H and O–H groups in total. The van der Waals surface area contributed by atoms with Crippen LogP contribution in [0, 0.1) is 5.92 Å². The molecule has 0 aliphatic carbocycles. The highest BCUT2D eigenvalue weighted by Gasteiger charge is 2.23. The van der Waals surface area contributed by atoms with Crippen LogP contribution in [0.15, 0.2) is 54.6 Å². The zero-order chi connectivity index (χ0) is 21.8. The van der Waals surface area contributed by atoms with Crippen molar-refractivity contribution in [1.82, 2.24) is 10.8 Å². The summed E-state index contributed by atoms with van der Waals surface area (Å²) in [6, 6.07) is 15.7. The predicted octanol–water partition coefficient (Wildman–Crippen LogP) is 3.12. The lowest BCUT2D eigenvalue weighted by Gasteiger charge is -2.22. The van der Waals surface area contributed by atoms with Crippen LogP contribution in [0.3, 0.4) is 0 Å². The van der Waals surface area contributed by atoms with Crippen LogP contribution in [0.25, 0.3) is 0 Å². The topological polar surface area (TPSA) is 106 Å². The molecule has 8 nitrogen and oxygen atoms in total. The summed E-state index contributed by atoms with van der Waals surface area (Å²) in [6.45, 7) is 2.07. The molecule has 0 heterocycles. The largest absolute Gasteiger partial charge is 0.457 e. The first kappa shape index (κ1) is 23.3. The van der Waals surface area contributed by atoms with Gasteiger partial charge in [-0.05, 0) is 49.2 Å². The molecule has 8 heteroatoms. The summed E-state index contributed by atoms with van der Waals surface area (Å²) in [5.41, 5.74) is 2.12. The molecule has 162 valence electrons. The van der Waals surface area contributed by atoms with E-state index < -0.39 is 17.9 Å². The number of benzene rings is 2. The average molecular weight is 416 g/mol. The van der Waals surface area contributed by atoms with E-state index in [1.807, 2.05) is 37.3 Å². The van der Waals surface area contributed by atoms with Crippen LogP contribution in [0.2, 0.25) is 0 Å². The van der Waals surface area contributed by atoms with Crippen molar-refractivity contribution in [3.63, 3.8) is 0 Å². The minimum Gasteiger partial charge on any atom is -0.457 e. The molecule has 2 rings (SSSR count). The molecule has 30 heavy (non-hydrogen) atoms. The SMILES string of the molecule is CC[C@@H](C[C@@H](COCOC)NC(=O)c1ccc(Oc2ccccc2)cc1)C(=O)NO. The van der Waals surface area contributed by atoms with Crippen molar-refractivity contribution >= 4 is 11.8 Å². The van der Waals surface area contributed by atoms with Crippen LogP contribution in [-0.4, -0.2) is 43.6 Å². The molecule has 0 fully saturated rings. The molecular weight excluding hydrogens is 388 g/mol. The van der Waals surface area contributed by atoms with Gasteiger partial charge in [0.25, 0.3) is 5.91 Å². The van der Waals surface area contributed by atoms with Crippen molar-refractivity contribution in [3.8, 4) is 11.5 Å². The fraction of sp³-hybridized carbons (Fsp3) is 0.364. The normalized spacial score (nSPS) is 12.6. The summed E-state index contributed by atoms with van der Waals surface area (Å²) < 4.78 is 16.0. The Labute approximate surface area is 176 Å². The summed E-state index contributed by atoms with van der Waals surface area (Å²) >= 11 is 0. The number of hydrogen-bond acceptors (Lipinski definition) is 6. The van der Waals surface area contributed by atoms with E-state index in [9.17, 15) is 9.59 Å². The summed E-state index contributed by atoms with van der Waals surface area (Å²) in [5.74, 6) is 0.0618. The summed E-state index contributed by atoms with van der Waals surface area (Å²) in [5, 5.41) is 11.8. The fourth-order valence-electron chi connectivity index (χ4n) is 2.90. The molecule has 0 aliphatic heterocycles. The van der Waals surface area contributed by atoms with Crippen molar-refractivity contribution in [1.29, 1.82) is 0 Å². The maximum Gasteiger partial charge on any atom is 0.251 e. The number of para-hydroxylation sites is 1. The number of hydrogen-bond donors (Lipinski definition) is 3. The van der Waals surface area contributed by atoms with Gasteiger partial charge in [-0.25, -0.2) is 5.48 Å². The van der Waals surface area contributed by atoms with Crippen LogP contribution in [0.4, 0.5) is 0 Å². The molecule has 0 radical (unpaired) electrons. The molecule has 0 saturated carbocycles. The molecule has 2 amide bonds. The molecule has 0 saturated heterocycles. The van der Waals surface area contributed by atoms with Crippen molar-refractivity contribution in [2.75, 3.05) is 20.5 Å². The Morgan fingerprint density at radius 3 is 2.30 bits per heavy atom. The Morgan fingerprint density at radius 1 is 1.03 bits per heavy atom. The number of hydroxylamine groups is 1. The van der Waals surface area contributed by atoms with Gasteiger partial charge in [-0.15, -0.1) is 0 Å². The van der Waals surface area contributed by atoms with Crippen LogP contribution >= 0.6 is 0 Å². The number of methoxy groups -OCH3 is 1. The molecule has 0 spiro atoms. The van der Waals surface area contributed by atoms with E-state index >= 15 is 0 Å². The first-order chi connectivity index (χ1) is 14.6. The van der Waals surface area contributed by atoms with E-state index in [-0.39, 0.29) is 19.3 Å². The maximum absolute atomic E-state index is 12.7. The first-order valence-corrected chi connectivity index (χ1v) is 9.71. The quantitative estimate of drug-likeness (QED) is 0.212. The van der Waals surface area contributed by atoms with E-state index in [1.165, 1.54) is 7.11 Å². The van der Waals surface area contributed by atoms with Gasteiger partial charge in [0.1, 0.15) is 18.3 Å². The molecule has 2 atom stereocenters. The Bertz CT molecular complexity index is 782. The van der Waals surface area contributed by atoms with Gasteiger partial charge in [-0.3, -0.25) is 14.8 Å². The monoisotopic (exact) mass is 416 g/mol. The Kier molecular flexibility index (Phi) is 9.79. The Balaban J connectivity index is 2.01. The van der Waals surface area contributed by atoms with Gasteiger partial charge in [0, 0.05) is 18.6 Å². The molecule has 2 aromatic rings. The minimum atomic E-state index is -0.495. The third kappa shape index (κ3) is 7.47. The number of rotatable bonds is 12.